The number of aliphatic hydroxyl groups excluding tert-OH is 2. The Morgan fingerprint density at radius 3 is 2.91 bits per heavy atom. The van der Waals surface area contributed by atoms with E-state index in [1.807, 2.05) is 0 Å². The fourth-order valence-corrected chi connectivity index (χ4v) is 1.36. The van der Waals surface area contributed by atoms with E-state index in [9.17, 15) is 5.11 Å². The molecule has 0 saturated heterocycles. The van der Waals surface area contributed by atoms with E-state index >= 15 is 0 Å². The number of nitrogens with zero attached hydrogens (tertiary/aromatic N) is 1. The van der Waals surface area contributed by atoms with Crippen LogP contribution in [0.5, 0.6) is 0 Å². The molecule has 0 bridgehead atoms. The van der Waals surface area contributed by atoms with Crippen molar-refractivity contribution in [2.24, 2.45) is 5.73 Å². The minimum absolute atomic E-state index is 0.223. The van der Waals surface area contributed by atoms with Crippen molar-refractivity contribution in [3.8, 4) is 0 Å². The maximum atomic E-state index is 9.36. The molecule has 1 aromatic rings. The maximum Gasteiger partial charge on any atom is 0.107 e. The second kappa shape index (κ2) is 3.77. The first kappa shape index (κ1) is 8.61. The number of hydrogen-bond donors (Lipinski definition) is 3. The van der Waals surface area contributed by atoms with E-state index in [1.54, 1.807) is 11.7 Å². The molecule has 2 unspecified atom stereocenters. The van der Waals surface area contributed by atoms with E-state index in [-0.39, 0.29) is 6.61 Å². The van der Waals surface area contributed by atoms with Gasteiger partial charge < -0.3 is 15.9 Å². The van der Waals surface area contributed by atoms with Gasteiger partial charge in [-0.15, -0.1) is 11.3 Å². The monoisotopic (exact) mass is 174 g/mol. The molecule has 0 fully saturated rings. The quantitative estimate of drug-likeness (QED) is 0.577. The normalized spacial score (nSPS) is 16.3. The summed E-state index contributed by atoms with van der Waals surface area (Å²) < 4.78 is 0. The zero-order valence-corrected chi connectivity index (χ0v) is 6.66. The van der Waals surface area contributed by atoms with E-state index in [0.29, 0.717) is 4.88 Å². The van der Waals surface area contributed by atoms with Crippen molar-refractivity contribution in [2.75, 3.05) is 6.61 Å². The molecule has 0 aromatic carbocycles. The van der Waals surface area contributed by atoms with E-state index in [4.69, 9.17) is 10.8 Å². The Kier molecular flexibility index (Phi) is 2.95. The molecule has 5 heteroatoms. The van der Waals surface area contributed by atoms with Gasteiger partial charge in [0.25, 0.3) is 0 Å². The van der Waals surface area contributed by atoms with Crippen LogP contribution >= 0.6 is 11.3 Å². The predicted molar refractivity (Wildman–Crippen MR) is 42.1 cm³/mol. The Morgan fingerprint density at radius 2 is 2.45 bits per heavy atom. The van der Waals surface area contributed by atoms with Crippen LogP contribution in [0.3, 0.4) is 0 Å². The first-order valence-corrected chi connectivity index (χ1v) is 4.06. The number of nitrogens with two attached hydrogens (primary N) is 1. The van der Waals surface area contributed by atoms with Crippen LogP contribution in [0.1, 0.15) is 11.0 Å². The molecular weight excluding hydrogens is 164 g/mol. The van der Waals surface area contributed by atoms with Crippen molar-refractivity contribution < 1.29 is 10.2 Å². The molecule has 4 N–H and O–H groups in total. The van der Waals surface area contributed by atoms with E-state index < -0.39 is 12.1 Å². The summed E-state index contributed by atoms with van der Waals surface area (Å²) in [4.78, 5) is 4.47. The van der Waals surface area contributed by atoms with Gasteiger partial charge in [-0.25, -0.2) is 0 Å². The first-order valence-electron chi connectivity index (χ1n) is 3.18. The molecule has 0 radical (unpaired) electrons. The Labute approximate surface area is 68.3 Å². The average Bonchev–Trinajstić information content (AvgIpc) is 2.53. The highest BCUT2D eigenvalue weighted by atomic mass is 32.1. The molecule has 4 nitrogen and oxygen atoms in total. The summed E-state index contributed by atoms with van der Waals surface area (Å²) in [5, 5.41) is 18.0. The molecule has 0 aliphatic rings. The van der Waals surface area contributed by atoms with Crippen LogP contribution in [0.15, 0.2) is 11.7 Å². The van der Waals surface area contributed by atoms with Gasteiger partial charge in [0.15, 0.2) is 0 Å². The molecule has 1 heterocycles. The van der Waals surface area contributed by atoms with Crippen LogP contribution in [0.2, 0.25) is 0 Å². The standard InChI is InChI=1S/C6H10N2O2S/c7-4(2-9)6(10)5-1-8-3-11-5/h1,3-4,6,9-10H,2,7H2. The van der Waals surface area contributed by atoms with E-state index in [0.717, 1.165) is 0 Å². The SMILES string of the molecule is NC(CO)C(O)c1cncs1. The summed E-state index contributed by atoms with van der Waals surface area (Å²) in [6.07, 6.45) is 0.748. The lowest BCUT2D eigenvalue weighted by Gasteiger charge is -2.13. The molecule has 62 valence electrons. The van der Waals surface area contributed by atoms with Crippen LogP contribution in [0.4, 0.5) is 0 Å². The van der Waals surface area contributed by atoms with Gasteiger partial charge in [-0.3, -0.25) is 4.98 Å². The molecule has 0 amide bonds. The van der Waals surface area contributed by atoms with Crippen LogP contribution in [-0.2, 0) is 0 Å². The summed E-state index contributed by atoms with van der Waals surface area (Å²) in [5.74, 6) is 0. The molecule has 0 aliphatic carbocycles. The highest BCUT2D eigenvalue weighted by molar-refractivity contribution is 7.09. The Morgan fingerprint density at radius 1 is 1.73 bits per heavy atom. The van der Waals surface area contributed by atoms with Gasteiger partial charge in [0.1, 0.15) is 6.10 Å². The summed E-state index contributed by atoms with van der Waals surface area (Å²) in [7, 11) is 0. The molecule has 0 aliphatic heterocycles. The fourth-order valence-electron chi connectivity index (χ4n) is 0.683. The zero-order chi connectivity index (χ0) is 8.27. The number of aromatic nitrogens is 1. The predicted octanol–water partition coefficient (Wildman–Crippen LogP) is -0.504. The van der Waals surface area contributed by atoms with Gasteiger partial charge >= 0.3 is 0 Å². The smallest absolute Gasteiger partial charge is 0.107 e. The number of hydrogen-bond acceptors (Lipinski definition) is 5. The van der Waals surface area contributed by atoms with Crippen molar-refractivity contribution in [3.05, 3.63) is 16.6 Å². The topological polar surface area (TPSA) is 79.4 Å². The van der Waals surface area contributed by atoms with Gasteiger partial charge in [0.2, 0.25) is 0 Å². The lowest BCUT2D eigenvalue weighted by atomic mass is 10.2. The highest BCUT2D eigenvalue weighted by Gasteiger charge is 2.16. The van der Waals surface area contributed by atoms with Crippen molar-refractivity contribution >= 4 is 11.3 Å². The summed E-state index contributed by atoms with van der Waals surface area (Å²) in [5.41, 5.74) is 7.00. The van der Waals surface area contributed by atoms with Crippen molar-refractivity contribution in [1.82, 2.24) is 4.98 Å². The molecule has 2 atom stereocenters. The summed E-state index contributed by atoms with van der Waals surface area (Å²) in [6, 6.07) is -0.615. The Balaban J connectivity index is 2.62. The van der Waals surface area contributed by atoms with Gasteiger partial charge in [0.05, 0.1) is 23.0 Å². The summed E-state index contributed by atoms with van der Waals surface area (Å²) in [6.45, 7) is -0.223. The zero-order valence-electron chi connectivity index (χ0n) is 5.84. The fraction of sp³-hybridized carbons (Fsp3) is 0.500. The van der Waals surface area contributed by atoms with Crippen LogP contribution in [0.25, 0.3) is 0 Å². The van der Waals surface area contributed by atoms with Crippen molar-refractivity contribution in [2.45, 2.75) is 12.1 Å². The highest BCUT2D eigenvalue weighted by Crippen LogP contribution is 2.18. The minimum atomic E-state index is -0.799. The van der Waals surface area contributed by atoms with E-state index in [2.05, 4.69) is 4.98 Å². The molecule has 1 rings (SSSR count). The maximum absolute atomic E-state index is 9.36. The molecule has 1 aromatic heterocycles. The van der Waals surface area contributed by atoms with Crippen LogP contribution < -0.4 is 5.73 Å². The molecule has 0 saturated carbocycles. The largest absolute Gasteiger partial charge is 0.395 e. The molecule has 0 spiro atoms. The second-order valence-corrected chi connectivity index (χ2v) is 3.11. The average molecular weight is 174 g/mol. The lowest BCUT2D eigenvalue weighted by Crippen LogP contribution is -2.31. The van der Waals surface area contributed by atoms with Gasteiger partial charge in [-0.05, 0) is 0 Å². The molecular formula is C6H10N2O2S. The van der Waals surface area contributed by atoms with E-state index in [1.165, 1.54) is 11.3 Å². The van der Waals surface area contributed by atoms with Crippen LogP contribution in [-0.4, -0.2) is 27.8 Å². The summed E-state index contributed by atoms with van der Waals surface area (Å²) >= 11 is 1.32. The number of thiazole rings is 1. The Hall–Kier alpha value is -0.490. The van der Waals surface area contributed by atoms with Gasteiger partial charge in [-0.1, -0.05) is 0 Å². The lowest BCUT2D eigenvalue weighted by molar-refractivity contribution is 0.112. The third-order valence-electron chi connectivity index (χ3n) is 1.36. The van der Waals surface area contributed by atoms with Crippen molar-refractivity contribution in [1.29, 1.82) is 0 Å². The van der Waals surface area contributed by atoms with Crippen molar-refractivity contribution in [3.63, 3.8) is 0 Å². The van der Waals surface area contributed by atoms with Gasteiger partial charge in [0, 0.05) is 6.20 Å². The third-order valence-corrected chi connectivity index (χ3v) is 2.21. The number of rotatable bonds is 3. The Bertz CT molecular complexity index is 202. The first-order chi connectivity index (χ1) is 5.25. The second-order valence-electron chi connectivity index (χ2n) is 2.20. The molecule has 11 heavy (non-hydrogen) atoms. The minimum Gasteiger partial charge on any atom is -0.395 e. The van der Waals surface area contributed by atoms with Crippen LogP contribution in [0, 0.1) is 0 Å². The number of aliphatic hydroxyl groups is 2. The van der Waals surface area contributed by atoms with Gasteiger partial charge in [-0.2, -0.15) is 0 Å². The third kappa shape index (κ3) is 1.97.